The Balaban J connectivity index is 2.31. The molecule has 2 rings (SSSR count). The quantitative estimate of drug-likeness (QED) is 0.641. The largest absolute Gasteiger partial charge is 0.496 e. The van der Waals surface area contributed by atoms with Crippen molar-refractivity contribution in [1.82, 2.24) is 4.90 Å². The average Bonchev–Trinajstić information content (AvgIpc) is 2.52. The van der Waals surface area contributed by atoms with Gasteiger partial charge < -0.3 is 19.8 Å². The molecule has 0 unspecified atom stereocenters. The Morgan fingerprint density at radius 3 is 2.54 bits per heavy atom. The van der Waals surface area contributed by atoms with Crippen molar-refractivity contribution < 1.29 is 33.0 Å². The minimum Gasteiger partial charge on any atom is -0.496 e. The zero-order valence-corrected chi connectivity index (χ0v) is 13.7. The van der Waals surface area contributed by atoms with Gasteiger partial charge in [-0.2, -0.15) is 0 Å². The number of β-amino-alcohol motifs (C(OH)–C–C–N with tert-alkyl or cyclic N) is 1. The molecule has 1 aromatic carbocycles. The number of hydrogen-bond acceptors (Lipinski definition) is 6. The van der Waals surface area contributed by atoms with Crippen LogP contribution in [0.15, 0.2) is 23.1 Å². The molecule has 4 N–H and O–H groups in total. The molecule has 1 amide bonds. The van der Waals surface area contributed by atoms with Crippen LogP contribution in [-0.4, -0.2) is 61.7 Å². The van der Waals surface area contributed by atoms with Crippen molar-refractivity contribution in [2.75, 3.05) is 20.2 Å². The third kappa shape index (κ3) is 3.66. The smallest absolute Gasteiger partial charge is 0.309 e. The maximum Gasteiger partial charge on any atom is 0.309 e. The van der Waals surface area contributed by atoms with Crippen LogP contribution in [0.4, 0.5) is 0 Å². The summed E-state index contributed by atoms with van der Waals surface area (Å²) in [5.41, 5.74) is -0.0231. The summed E-state index contributed by atoms with van der Waals surface area (Å²) in [6.07, 6.45) is -1.10. The number of nitrogens with zero attached hydrogens (tertiary/aromatic N) is 1. The van der Waals surface area contributed by atoms with Gasteiger partial charge in [-0.15, -0.1) is 0 Å². The van der Waals surface area contributed by atoms with Gasteiger partial charge in [-0.05, 0) is 24.6 Å². The van der Waals surface area contributed by atoms with Crippen LogP contribution in [0.2, 0.25) is 0 Å². The zero-order chi connectivity index (χ0) is 18.1. The SMILES string of the molecule is COc1ccc(S(N)(=O)=O)cc1C(=O)N1CC[C@H](C(=O)O)[C@H](O)C1. The van der Waals surface area contributed by atoms with Crippen molar-refractivity contribution in [3.05, 3.63) is 23.8 Å². The lowest BCUT2D eigenvalue weighted by Crippen LogP contribution is -2.48. The molecule has 1 saturated heterocycles. The van der Waals surface area contributed by atoms with Crippen LogP contribution in [-0.2, 0) is 14.8 Å². The summed E-state index contributed by atoms with van der Waals surface area (Å²) in [4.78, 5) is 24.7. The first-order chi connectivity index (χ1) is 11.1. The van der Waals surface area contributed by atoms with E-state index in [9.17, 15) is 23.1 Å². The highest BCUT2D eigenvalue weighted by molar-refractivity contribution is 7.89. The molecule has 1 heterocycles. The molecule has 0 aliphatic carbocycles. The number of amides is 1. The number of carboxylic acid groups (broad SMARTS) is 1. The lowest BCUT2D eigenvalue weighted by molar-refractivity contribution is -0.148. The van der Waals surface area contributed by atoms with Crippen LogP contribution in [0.25, 0.3) is 0 Å². The first-order valence-corrected chi connectivity index (χ1v) is 8.60. The summed E-state index contributed by atoms with van der Waals surface area (Å²) in [5.74, 6) is -2.47. The van der Waals surface area contributed by atoms with E-state index >= 15 is 0 Å². The number of aliphatic hydroxyl groups excluding tert-OH is 1. The standard InChI is InChI=1S/C14H18N2O7S/c1-23-12-3-2-8(24(15,21)22)6-10(12)13(18)16-5-4-9(14(19)20)11(17)7-16/h2-3,6,9,11,17H,4-5,7H2,1H3,(H,19,20)(H2,15,21,22)/t9-,11+/m0/s1. The molecule has 1 fully saturated rings. The minimum atomic E-state index is -4.00. The fourth-order valence-corrected chi connectivity index (χ4v) is 3.15. The van der Waals surface area contributed by atoms with Crippen molar-refractivity contribution in [2.24, 2.45) is 11.1 Å². The molecule has 1 aliphatic heterocycles. The second-order valence-electron chi connectivity index (χ2n) is 5.46. The van der Waals surface area contributed by atoms with Gasteiger partial charge in [0.15, 0.2) is 0 Å². The molecule has 0 radical (unpaired) electrons. The first-order valence-electron chi connectivity index (χ1n) is 7.06. The molecule has 1 aliphatic rings. The predicted octanol–water partition coefficient (Wildman–Crippen LogP) is -0.750. The van der Waals surface area contributed by atoms with Gasteiger partial charge in [-0.3, -0.25) is 9.59 Å². The second kappa shape index (κ2) is 6.75. The number of carbonyl (C=O) groups is 2. The molecular weight excluding hydrogens is 340 g/mol. The summed E-state index contributed by atoms with van der Waals surface area (Å²) in [6, 6.07) is 3.63. The van der Waals surface area contributed by atoms with Gasteiger partial charge in [0.2, 0.25) is 10.0 Å². The van der Waals surface area contributed by atoms with Gasteiger partial charge in [0.05, 0.1) is 29.6 Å². The Morgan fingerprint density at radius 2 is 2.04 bits per heavy atom. The van der Waals surface area contributed by atoms with Crippen molar-refractivity contribution in [3.63, 3.8) is 0 Å². The number of nitrogens with two attached hydrogens (primary N) is 1. The van der Waals surface area contributed by atoms with E-state index in [2.05, 4.69) is 0 Å². The number of methoxy groups -OCH3 is 1. The normalized spacial score (nSPS) is 21.4. The lowest BCUT2D eigenvalue weighted by Gasteiger charge is -2.34. The molecule has 0 saturated carbocycles. The highest BCUT2D eigenvalue weighted by Crippen LogP contribution is 2.26. The highest BCUT2D eigenvalue weighted by Gasteiger charge is 2.35. The Morgan fingerprint density at radius 1 is 1.38 bits per heavy atom. The Hall–Kier alpha value is -2.17. The van der Waals surface area contributed by atoms with Crippen LogP contribution < -0.4 is 9.88 Å². The molecule has 0 spiro atoms. The molecule has 10 heteroatoms. The number of benzene rings is 1. The summed E-state index contributed by atoms with van der Waals surface area (Å²) in [7, 11) is -2.67. The van der Waals surface area contributed by atoms with Crippen LogP contribution in [0.3, 0.4) is 0 Å². The predicted molar refractivity (Wildman–Crippen MR) is 82.0 cm³/mol. The molecule has 0 bridgehead atoms. The third-order valence-corrected chi connectivity index (χ3v) is 4.83. The summed E-state index contributed by atoms with van der Waals surface area (Å²) in [6.45, 7) is -0.0474. The molecule has 132 valence electrons. The van der Waals surface area contributed by atoms with Gasteiger partial charge in [0.1, 0.15) is 5.75 Å². The first kappa shape index (κ1) is 18.2. The number of primary sulfonamides is 1. The van der Waals surface area contributed by atoms with E-state index in [0.717, 1.165) is 6.07 Å². The Bertz CT molecular complexity index is 762. The number of carboxylic acids is 1. The van der Waals surface area contributed by atoms with E-state index in [4.69, 9.17) is 15.0 Å². The number of carbonyl (C=O) groups excluding carboxylic acids is 1. The van der Waals surface area contributed by atoms with E-state index in [1.54, 1.807) is 0 Å². The van der Waals surface area contributed by atoms with Crippen molar-refractivity contribution in [2.45, 2.75) is 17.4 Å². The maximum absolute atomic E-state index is 12.6. The minimum absolute atomic E-state index is 0.0231. The van der Waals surface area contributed by atoms with Crippen LogP contribution >= 0.6 is 0 Å². The molecule has 9 nitrogen and oxygen atoms in total. The van der Waals surface area contributed by atoms with Gasteiger partial charge in [0.25, 0.3) is 5.91 Å². The number of sulfonamides is 1. The van der Waals surface area contributed by atoms with Crippen LogP contribution in [0.1, 0.15) is 16.8 Å². The molecule has 1 aromatic rings. The molecular formula is C14H18N2O7S. The number of likely N-dealkylation sites (tertiary alicyclic amines) is 1. The van der Waals surface area contributed by atoms with E-state index < -0.39 is 33.9 Å². The number of rotatable bonds is 4. The third-order valence-electron chi connectivity index (χ3n) is 3.92. The maximum atomic E-state index is 12.6. The fourth-order valence-electron chi connectivity index (χ4n) is 2.61. The number of ether oxygens (including phenoxy) is 1. The van der Waals surface area contributed by atoms with Crippen molar-refractivity contribution >= 4 is 21.9 Å². The van der Waals surface area contributed by atoms with E-state index in [1.807, 2.05) is 0 Å². The van der Waals surface area contributed by atoms with E-state index in [0.29, 0.717) is 0 Å². The molecule has 2 atom stereocenters. The Labute approximate surface area is 138 Å². The lowest BCUT2D eigenvalue weighted by atomic mass is 9.93. The van der Waals surface area contributed by atoms with Gasteiger partial charge in [-0.25, -0.2) is 13.6 Å². The van der Waals surface area contributed by atoms with Crippen LogP contribution in [0.5, 0.6) is 5.75 Å². The zero-order valence-electron chi connectivity index (χ0n) is 12.9. The fraction of sp³-hybridized carbons (Fsp3) is 0.429. The molecule has 0 aromatic heterocycles. The van der Waals surface area contributed by atoms with Crippen molar-refractivity contribution in [3.8, 4) is 5.75 Å². The van der Waals surface area contributed by atoms with Gasteiger partial charge in [0, 0.05) is 13.1 Å². The number of aliphatic hydroxyl groups is 1. The topological polar surface area (TPSA) is 147 Å². The van der Waals surface area contributed by atoms with Crippen molar-refractivity contribution in [1.29, 1.82) is 0 Å². The van der Waals surface area contributed by atoms with Gasteiger partial charge in [-0.1, -0.05) is 0 Å². The monoisotopic (exact) mass is 358 g/mol. The van der Waals surface area contributed by atoms with Crippen LogP contribution in [0, 0.1) is 5.92 Å². The number of hydrogen-bond donors (Lipinski definition) is 3. The average molecular weight is 358 g/mol. The Kier molecular flexibility index (Phi) is 5.11. The number of piperidine rings is 1. The number of aliphatic carboxylic acids is 1. The van der Waals surface area contributed by atoms with E-state index in [1.165, 1.54) is 24.1 Å². The highest BCUT2D eigenvalue weighted by atomic mass is 32.2. The summed E-state index contributed by atoms with van der Waals surface area (Å²) in [5, 5.41) is 24.0. The second-order valence-corrected chi connectivity index (χ2v) is 7.02. The summed E-state index contributed by atoms with van der Waals surface area (Å²) >= 11 is 0. The summed E-state index contributed by atoms with van der Waals surface area (Å²) < 4.78 is 28.0. The van der Waals surface area contributed by atoms with Gasteiger partial charge >= 0.3 is 5.97 Å². The molecule has 24 heavy (non-hydrogen) atoms. The van der Waals surface area contributed by atoms with E-state index in [-0.39, 0.29) is 35.7 Å².